The van der Waals surface area contributed by atoms with Crippen LogP contribution in [-0.2, 0) is 4.79 Å². The molecule has 1 aliphatic carbocycles. The lowest BCUT2D eigenvalue weighted by molar-refractivity contribution is -0.126. The van der Waals surface area contributed by atoms with Crippen LogP contribution in [0.15, 0.2) is 0 Å². The van der Waals surface area contributed by atoms with E-state index >= 15 is 0 Å². The first-order chi connectivity index (χ1) is 5.63. The molecule has 0 radical (unpaired) electrons. The second kappa shape index (κ2) is 3.92. The summed E-state index contributed by atoms with van der Waals surface area (Å²) in [5.74, 6) is 1.94. The number of amides is 1. The van der Waals surface area contributed by atoms with Gasteiger partial charge in [0.2, 0.25) is 5.91 Å². The fraction of sp³-hybridized carbons (Fsp3) is 0.900. The number of nitrogens with one attached hydrogen (secondary N) is 1. The predicted octanol–water partition coefficient (Wildman–Crippen LogP) is 1.80. The maximum atomic E-state index is 11.3. The third kappa shape index (κ3) is 2.23. The van der Waals surface area contributed by atoms with E-state index in [9.17, 15) is 4.79 Å². The van der Waals surface area contributed by atoms with Crippen LogP contribution in [0.25, 0.3) is 0 Å². The molecule has 1 N–H and O–H groups in total. The second-order valence-electron chi connectivity index (χ2n) is 4.23. The first-order valence-electron chi connectivity index (χ1n) is 4.85. The van der Waals surface area contributed by atoms with Crippen LogP contribution < -0.4 is 5.32 Å². The van der Waals surface area contributed by atoms with Crippen molar-refractivity contribution in [3.63, 3.8) is 0 Å². The molecule has 1 fully saturated rings. The van der Waals surface area contributed by atoms with Crippen LogP contribution in [0.2, 0.25) is 0 Å². The number of carbonyl (C=O) groups excluding carboxylic acids is 1. The molecule has 1 saturated carbocycles. The van der Waals surface area contributed by atoms with Crippen LogP contribution in [0.1, 0.15) is 33.1 Å². The Morgan fingerprint density at radius 2 is 1.67 bits per heavy atom. The first-order valence-corrected chi connectivity index (χ1v) is 4.85. The summed E-state index contributed by atoms with van der Waals surface area (Å²) >= 11 is 0. The van der Waals surface area contributed by atoms with Gasteiger partial charge >= 0.3 is 0 Å². The lowest BCUT2D eigenvalue weighted by Gasteiger charge is -2.30. The van der Waals surface area contributed by atoms with Crippen molar-refractivity contribution < 1.29 is 4.79 Å². The fourth-order valence-electron chi connectivity index (χ4n) is 2.37. The molecule has 0 spiro atoms. The maximum Gasteiger partial charge on any atom is 0.222 e. The Morgan fingerprint density at radius 1 is 1.17 bits per heavy atom. The normalized spacial score (nSPS) is 36.1. The highest BCUT2D eigenvalue weighted by molar-refractivity contribution is 5.78. The van der Waals surface area contributed by atoms with E-state index in [1.54, 1.807) is 7.05 Å². The predicted molar refractivity (Wildman–Crippen MR) is 49.7 cm³/mol. The Bertz CT molecular complexity index is 157. The van der Waals surface area contributed by atoms with Crippen molar-refractivity contribution in [3.8, 4) is 0 Å². The van der Waals surface area contributed by atoms with Crippen LogP contribution >= 0.6 is 0 Å². The van der Waals surface area contributed by atoms with E-state index in [2.05, 4.69) is 19.2 Å². The zero-order valence-electron chi connectivity index (χ0n) is 8.26. The molecule has 1 rings (SSSR count). The van der Waals surface area contributed by atoms with E-state index in [-0.39, 0.29) is 11.8 Å². The number of carbonyl (C=O) groups is 1. The Hall–Kier alpha value is -0.530. The van der Waals surface area contributed by atoms with E-state index in [0.717, 1.165) is 24.7 Å². The summed E-state index contributed by atoms with van der Waals surface area (Å²) in [5, 5.41) is 2.74. The zero-order chi connectivity index (χ0) is 9.14. The molecule has 0 heterocycles. The van der Waals surface area contributed by atoms with E-state index in [0.29, 0.717) is 0 Å². The van der Waals surface area contributed by atoms with Gasteiger partial charge in [-0.25, -0.2) is 0 Å². The van der Waals surface area contributed by atoms with Gasteiger partial charge in [-0.05, 0) is 31.1 Å². The minimum absolute atomic E-state index is 0.230. The third-order valence-corrected chi connectivity index (χ3v) is 2.80. The van der Waals surface area contributed by atoms with Crippen molar-refractivity contribution in [2.24, 2.45) is 17.8 Å². The van der Waals surface area contributed by atoms with Gasteiger partial charge < -0.3 is 5.32 Å². The van der Waals surface area contributed by atoms with E-state index in [1.807, 2.05) is 0 Å². The van der Waals surface area contributed by atoms with Gasteiger partial charge in [0.1, 0.15) is 0 Å². The van der Waals surface area contributed by atoms with Crippen molar-refractivity contribution in [1.29, 1.82) is 0 Å². The molecule has 0 aromatic rings. The monoisotopic (exact) mass is 169 g/mol. The van der Waals surface area contributed by atoms with E-state index < -0.39 is 0 Å². The quantitative estimate of drug-likeness (QED) is 0.637. The summed E-state index contributed by atoms with van der Waals surface area (Å²) in [6.07, 6.45) is 3.43. The zero-order valence-corrected chi connectivity index (χ0v) is 8.26. The molecule has 2 unspecified atom stereocenters. The van der Waals surface area contributed by atoms with Crippen LogP contribution in [0.4, 0.5) is 0 Å². The van der Waals surface area contributed by atoms with Crippen LogP contribution in [0.5, 0.6) is 0 Å². The highest BCUT2D eigenvalue weighted by Gasteiger charge is 2.27. The van der Waals surface area contributed by atoms with Crippen molar-refractivity contribution in [1.82, 2.24) is 5.32 Å². The Balaban J connectivity index is 2.49. The fourth-order valence-corrected chi connectivity index (χ4v) is 2.37. The molecule has 1 aliphatic rings. The first kappa shape index (κ1) is 9.56. The average molecular weight is 169 g/mol. The lowest BCUT2D eigenvalue weighted by Crippen LogP contribution is -2.33. The number of hydrogen-bond acceptors (Lipinski definition) is 1. The molecule has 0 aliphatic heterocycles. The highest BCUT2D eigenvalue weighted by Crippen LogP contribution is 2.32. The van der Waals surface area contributed by atoms with Gasteiger partial charge in [0.25, 0.3) is 0 Å². The Labute approximate surface area is 74.7 Å². The molecule has 0 aromatic carbocycles. The molecule has 70 valence electrons. The van der Waals surface area contributed by atoms with Gasteiger partial charge in [0, 0.05) is 13.0 Å². The maximum absolute atomic E-state index is 11.3. The topological polar surface area (TPSA) is 29.1 Å². The molecule has 2 nitrogen and oxygen atoms in total. The summed E-state index contributed by atoms with van der Waals surface area (Å²) in [6.45, 7) is 4.48. The summed E-state index contributed by atoms with van der Waals surface area (Å²) in [4.78, 5) is 11.3. The average Bonchev–Trinajstić information content (AvgIpc) is 2.01. The van der Waals surface area contributed by atoms with Crippen molar-refractivity contribution in [2.75, 3.05) is 7.05 Å². The van der Waals surface area contributed by atoms with Gasteiger partial charge in [0.15, 0.2) is 0 Å². The summed E-state index contributed by atoms with van der Waals surface area (Å²) < 4.78 is 0. The van der Waals surface area contributed by atoms with Gasteiger partial charge in [-0.2, -0.15) is 0 Å². The Kier molecular flexibility index (Phi) is 3.12. The van der Waals surface area contributed by atoms with Gasteiger partial charge in [-0.1, -0.05) is 13.8 Å². The smallest absolute Gasteiger partial charge is 0.222 e. The summed E-state index contributed by atoms with van der Waals surface area (Å²) in [5.41, 5.74) is 0. The molecular weight excluding hydrogens is 150 g/mol. The molecule has 2 heteroatoms. The summed E-state index contributed by atoms with van der Waals surface area (Å²) in [6, 6.07) is 0. The van der Waals surface area contributed by atoms with Crippen LogP contribution in [0.3, 0.4) is 0 Å². The van der Waals surface area contributed by atoms with Gasteiger partial charge in [-0.3, -0.25) is 4.79 Å². The largest absolute Gasteiger partial charge is 0.359 e. The molecular formula is C10H19NO. The minimum Gasteiger partial charge on any atom is -0.359 e. The Morgan fingerprint density at radius 3 is 2.08 bits per heavy atom. The van der Waals surface area contributed by atoms with Gasteiger partial charge in [0.05, 0.1) is 0 Å². The lowest BCUT2D eigenvalue weighted by atomic mass is 9.76. The van der Waals surface area contributed by atoms with Crippen LogP contribution in [0, 0.1) is 17.8 Å². The van der Waals surface area contributed by atoms with Crippen LogP contribution in [-0.4, -0.2) is 13.0 Å². The third-order valence-electron chi connectivity index (χ3n) is 2.80. The van der Waals surface area contributed by atoms with Crippen molar-refractivity contribution >= 4 is 5.91 Å². The molecule has 12 heavy (non-hydrogen) atoms. The molecule has 0 saturated heterocycles. The molecule has 0 bridgehead atoms. The van der Waals surface area contributed by atoms with Crippen molar-refractivity contribution in [2.45, 2.75) is 33.1 Å². The van der Waals surface area contributed by atoms with E-state index in [4.69, 9.17) is 0 Å². The number of hydrogen-bond donors (Lipinski definition) is 1. The standard InChI is InChI=1S/C10H19NO/c1-7-4-8(2)6-9(5-7)10(12)11-3/h7-9H,4-6H2,1-3H3,(H,11,12)/t7-,8?,9?/m0/s1. The molecule has 1 amide bonds. The minimum atomic E-state index is 0.230. The van der Waals surface area contributed by atoms with E-state index in [1.165, 1.54) is 6.42 Å². The molecule has 3 atom stereocenters. The summed E-state index contributed by atoms with van der Waals surface area (Å²) in [7, 11) is 1.73. The SMILES string of the molecule is CNC(=O)C1CC(C)C[C@H](C)C1. The van der Waals surface area contributed by atoms with Crippen molar-refractivity contribution in [3.05, 3.63) is 0 Å². The highest BCUT2D eigenvalue weighted by atomic mass is 16.1. The second-order valence-corrected chi connectivity index (χ2v) is 4.23. The van der Waals surface area contributed by atoms with Gasteiger partial charge in [-0.15, -0.1) is 0 Å². The number of rotatable bonds is 1. The molecule has 0 aromatic heterocycles.